The first-order valence-electron chi connectivity index (χ1n) is 9.10. The summed E-state index contributed by atoms with van der Waals surface area (Å²) in [6, 6.07) is 10.5. The van der Waals surface area contributed by atoms with Gasteiger partial charge in [0.15, 0.2) is 12.6 Å². The van der Waals surface area contributed by atoms with Crippen LogP contribution in [-0.2, 0) is 11.2 Å². The molecule has 27 heavy (non-hydrogen) atoms. The molecule has 0 saturated heterocycles. The number of carbonyl (C=O) groups excluding carboxylic acids is 3. The molecule has 0 aliphatic heterocycles. The second-order valence-corrected chi connectivity index (χ2v) is 7.43. The summed E-state index contributed by atoms with van der Waals surface area (Å²) in [5.41, 5.74) is 3.26. The van der Waals surface area contributed by atoms with Gasteiger partial charge in [0.25, 0.3) is 0 Å². The van der Waals surface area contributed by atoms with Crippen LogP contribution in [0.4, 0.5) is 5.69 Å². The fourth-order valence-corrected chi connectivity index (χ4v) is 3.30. The van der Waals surface area contributed by atoms with Gasteiger partial charge < -0.3 is 10.4 Å². The Morgan fingerprint density at radius 3 is 2.56 bits per heavy atom. The van der Waals surface area contributed by atoms with Crippen molar-refractivity contribution in [1.82, 2.24) is 0 Å². The Labute approximate surface area is 158 Å². The number of aldehydes is 2. The summed E-state index contributed by atoms with van der Waals surface area (Å²) in [5, 5.41) is 12.4. The Morgan fingerprint density at radius 2 is 1.89 bits per heavy atom. The zero-order chi connectivity index (χ0) is 19.6. The first kappa shape index (κ1) is 18.8. The summed E-state index contributed by atoms with van der Waals surface area (Å²) in [4.78, 5) is 34.8. The van der Waals surface area contributed by atoms with Gasteiger partial charge in [0.2, 0.25) is 5.91 Å². The number of hydrogen-bond acceptors (Lipinski definition) is 4. The Kier molecular flexibility index (Phi) is 5.40. The predicted octanol–water partition coefficient (Wildman–Crippen LogP) is 3.96. The van der Waals surface area contributed by atoms with Crippen molar-refractivity contribution in [1.29, 1.82) is 0 Å². The fraction of sp³-hybridized carbons (Fsp3) is 0.318. The maximum Gasteiger partial charge on any atom is 0.227 e. The van der Waals surface area contributed by atoms with E-state index in [-0.39, 0.29) is 29.1 Å². The lowest BCUT2D eigenvalue weighted by Crippen LogP contribution is -2.16. The summed E-state index contributed by atoms with van der Waals surface area (Å²) in [5.74, 6) is 0.272. The number of amides is 1. The molecule has 0 radical (unpaired) electrons. The molecule has 2 N–H and O–H groups in total. The van der Waals surface area contributed by atoms with Crippen molar-refractivity contribution in [3.63, 3.8) is 0 Å². The Bertz CT molecular complexity index is 888. The van der Waals surface area contributed by atoms with Crippen LogP contribution in [0.15, 0.2) is 36.4 Å². The highest BCUT2D eigenvalue weighted by atomic mass is 16.3. The first-order chi connectivity index (χ1) is 12.9. The van der Waals surface area contributed by atoms with Crippen LogP contribution in [0.3, 0.4) is 0 Å². The summed E-state index contributed by atoms with van der Waals surface area (Å²) in [7, 11) is 0. The van der Waals surface area contributed by atoms with Crippen LogP contribution in [-0.4, -0.2) is 23.6 Å². The second kappa shape index (κ2) is 7.74. The number of phenolic OH excluding ortho intramolecular Hbond substituents is 1. The SMILES string of the molecule is CC(C)c1ccc(NC(=O)C2CC2Cc2ccc(O)c(C=O)c2)c(C=O)c1. The predicted molar refractivity (Wildman–Crippen MR) is 103 cm³/mol. The van der Waals surface area contributed by atoms with Crippen LogP contribution >= 0.6 is 0 Å². The van der Waals surface area contributed by atoms with E-state index in [9.17, 15) is 19.5 Å². The third-order valence-corrected chi connectivity index (χ3v) is 5.10. The maximum atomic E-state index is 12.5. The molecule has 0 heterocycles. The van der Waals surface area contributed by atoms with Crippen LogP contribution in [0.1, 0.15) is 58.0 Å². The molecule has 1 saturated carbocycles. The molecular weight excluding hydrogens is 342 g/mol. The maximum absolute atomic E-state index is 12.5. The van der Waals surface area contributed by atoms with Crippen molar-refractivity contribution in [2.75, 3.05) is 5.32 Å². The van der Waals surface area contributed by atoms with E-state index in [0.29, 0.717) is 29.9 Å². The van der Waals surface area contributed by atoms with Gasteiger partial charge in [-0.25, -0.2) is 0 Å². The molecule has 2 atom stereocenters. The van der Waals surface area contributed by atoms with Gasteiger partial charge in [0.05, 0.1) is 11.3 Å². The number of hydrogen-bond donors (Lipinski definition) is 2. The number of nitrogens with one attached hydrogen (secondary N) is 1. The summed E-state index contributed by atoms with van der Waals surface area (Å²) in [6.07, 6.45) is 2.83. The molecule has 0 spiro atoms. The molecule has 1 aliphatic carbocycles. The number of phenols is 1. The van der Waals surface area contributed by atoms with Gasteiger partial charge in [0.1, 0.15) is 5.75 Å². The molecule has 1 fully saturated rings. The minimum atomic E-state index is -0.109. The monoisotopic (exact) mass is 365 g/mol. The molecular formula is C22H23NO4. The van der Waals surface area contributed by atoms with Crippen LogP contribution in [0.25, 0.3) is 0 Å². The first-order valence-corrected chi connectivity index (χ1v) is 9.10. The van der Waals surface area contributed by atoms with Crippen LogP contribution < -0.4 is 5.32 Å². The minimum absolute atomic E-state index is 0.0370. The van der Waals surface area contributed by atoms with Crippen molar-refractivity contribution in [2.45, 2.75) is 32.6 Å². The van der Waals surface area contributed by atoms with E-state index in [0.717, 1.165) is 23.8 Å². The average Bonchev–Trinajstić information content (AvgIpc) is 3.42. The normalized spacial score (nSPS) is 18.2. The van der Waals surface area contributed by atoms with Crippen molar-refractivity contribution in [2.24, 2.45) is 11.8 Å². The van der Waals surface area contributed by atoms with Crippen LogP contribution in [0, 0.1) is 11.8 Å². The van der Waals surface area contributed by atoms with Crippen molar-refractivity contribution in [3.8, 4) is 5.75 Å². The molecule has 0 aromatic heterocycles. The lowest BCUT2D eigenvalue weighted by Gasteiger charge is -2.11. The number of carbonyl (C=O) groups is 3. The molecule has 2 aromatic rings. The number of aromatic hydroxyl groups is 1. The smallest absolute Gasteiger partial charge is 0.227 e. The van der Waals surface area contributed by atoms with E-state index in [1.54, 1.807) is 18.2 Å². The Morgan fingerprint density at radius 1 is 1.15 bits per heavy atom. The molecule has 2 aromatic carbocycles. The lowest BCUT2D eigenvalue weighted by molar-refractivity contribution is -0.117. The van der Waals surface area contributed by atoms with Crippen molar-refractivity contribution < 1.29 is 19.5 Å². The Hall–Kier alpha value is -2.95. The van der Waals surface area contributed by atoms with Crippen molar-refractivity contribution in [3.05, 3.63) is 58.7 Å². The van der Waals surface area contributed by atoms with Crippen LogP contribution in [0.2, 0.25) is 0 Å². The number of anilines is 1. The minimum Gasteiger partial charge on any atom is -0.507 e. The number of benzene rings is 2. The van der Waals surface area contributed by atoms with E-state index >= 15 is 0 Å². The molecule has 2 unspecified atom stereocenters. The van der Waals surface area contributed by atoms with Gasteiger partial charge in [-0.1, -0.05) is 26.0 Å². The molecule has 1 amide bonds. The van der Waals surface area contributed by atoms with E-state index in [1.165, 1.54) is 6.07 Å². The zero-order valence-electron chi connectivity index (χ0n) is 15.4. The van der Waals surface area contributed by atoms with E-state index in [1.807, 2.05) is 12.1 Å². The highest BCUT2D eigenvalue weighted by molar-refractivity contribution is 5.98. The second-order valence-electron chi connectivity index (χ2n) is 7.43. The molecule has 1 aliphatic rings. The number of rotatable bonds is 7. The average molecular weight is 365 g/mol. The van der Waals surface area contributed by atoms with Gasteiger partial charge in [-0.15, -0.1) is 0 Å². The van der Waals surface area contributed by atoms with Gasteiger partial charge in [0, 0.05) is 11.5 Å². The summed E-state index contributed by atoms with van der Waals surface area (Å²) in [6.45, 7) is 4.10. The van der Waals surface area contributed by atoms with Gasteiger partial charge >= 0.3 is 0 Å². The fourth-order valence-electron chi connectivity index (χ4n) is 3.30. The summed E-state index contributed by atoms with van der Waals surface area (Å²) < 4.78 is 0. The van der Waals surface area contributed by atoms with E-state index in [2.05, 4.69) is 19.2 Å². The van der Waals surface area contributed by atoms with E-state index in [4.69, 9.17) is 0 Å². The molecule has 3 rings (SSSR count). The molecule has 5 nitrogen and oxygen atoms in total. The topological polar surface area (TPSA) is 83.5 Å². The lowest BCUT2D eigenvalue weighted by atomic mass is 10.00. The standard InChI is InChI=1S/C22H23NO4/c1-13(2)15-4-5-20(17(9-15)11-24)23-22(27)19-10-16(19)7-14-3-6-21(26)18(8-14)12-25/h3-6,8-9,11-13,16,19,26H,7,10H2,1-2H3,(H,23,27). The molecule has 140 valence electrons. The van der Waals surface area contributed by atoms with Gasteiger partial charge in [-0.2, -0.15) is 0 Å². The van der Waals surface area contributed by atoms with Gasteiger partial charge in [-0.05, 0) is 60.1 Å². The van der Waals surface area contributed by atoms with Crippen LogP contribution in [0.5, 0.6) is 5.75 Å². The quantitative estimate of drug-likeness (QED) is 0.728. The van der Waals surface area contributed by atoms with Gasteiger partial charge in [-0.3, -0.25) is 14.4 Å². The summed E-state index contributed by atoms with van der Waals surface area (Å²) >= 11 is 0. The molecule has 0 bridgehead atoms. The third kappa shape index (κ3) is 4.25. The van der Waals surface area contributed by atoms with Crippen molar-refractivity contribution >= 4 is 24.2 Å². The van der Waals surface area contributed by atoms with E-state index < -0.39 is 0 Å². The largest absolute Gasteiger partial charge is 0.507 e. The molecule has 5 heteroatoms. The Balaban J connectivity index is 1.64. The highest BCUT2D eigenvalue weighted by Crippen LogP contribution is 2.42. The zero-order valence-corrected chi connectivity index (χ0v) is 15.4. The third-order valence-electron chi connectivity index (χ3n) is 5.10. The highest BCUT2D eigenvalue weighted by Gasteiger charge is 2.42.